The molecule has 1 rings (SSSR count). The molecule has 0 aliphatic heterocycles. The van der Waals surface area contributed by atoms with Gasteiger partial charge in [-0.2, -0.15) is 0 Å². The number of Topliss-reactive ketones (excluding diaryl/α,β-unsaturated/α-hetero) is 2. The number of halogens is 3. The molecule has 1 N–H and O–H groups in total. The highest BCUT2D eigenvalue weighted by atomic mass is 19.2. The number of ketones is 2. The van der Waals surface area contributed by atoms with Crippen molar-refractivity contribution in [3.8, 4) is 0 Å². The fourth-order valence-corrected chi connectivity index (χ4v) is 1.43. The summed E-state index contributed by atoms with van der Waals surface area (Å²) >= 11 is 0. The molecule has 0 unspecified atom stereocenters. The summed E-state index contributed by atoms with van der Waals surface area (Å²) in [6.45, 7) is 0. The third kappa shape index (κ3) is 4.53. The van der Waals surface area contributed by atoms with Crippen LogP contribution >= 0.6 is 0 Å². The van der Waals surface area contributed by atoms with E-state index in [4.69, 9.17) is 5.11 Å². The molecule has 0 aliphatic rings. The first kappa shape index (κ1) is 14.9. The lowest BCUT2D eigenvalue weighted by Gasteiger charge is -2.03. The van der Waals surface area contributed by atoms with Crippen LogP contribution in [0.1, 0.15) is 18.4 Å². The van der Waals surface area contributed by atoms with E-state index in [1.165, 1.54) is 0 Å². The molecule has 19 heavy (non-hydrogen) atoms. The maximum atomic E-state index is 13.2. The number of carbonyl (C=O) groups excluding carboxylic acids is 2. The number of benzene rings is 1. The largest absolute Gasteiger partial charge is 0.481 e. The monoisotopic (exact) mass is 274 g/mol. The molecule has 0 aromatic heterocycles. The molecule has 0 amide bonds. The van der Waals surface area contributed by atoms with E-state index in [-0.39, 0.29) is 5.56 Å². The minimum atomic E-state index is -1.38. The van der Waals surface area contributed by atoms with Gasteiger partial charge in [0.15, 0.2) is 17.4 Å². The van der Waals surface area contributed by atoms with Gasteiger partial charge in [0.05, 0.1) is 6.42 Å². The zero-order chi connectivity index (χ0) is 14.6. The molecule has 102 valence electrons. The van der Waals surface area contributed by atoms with Gasteiger partial charge < -0.3 is 5.11 Å². The van der Waals surface area contributed by atoms with Gasteiger partial charge in [-0.15, -0.1) is 0 Å². The van der Waals surface area contributed by atoms with Crippen LogP contribution in [0, 0.1) is 17.5 Å². The quantitative estimate of drug-likeness (QED) is 0.632. The van der Waals surface area contributed by atoms with E-state index in [1.54, 1.807) is 0 Å². The summed E-state index contributed by atoms with van der Waals surface area (Å²) in [6.07, 6.45) is -2.11. The van der Waals surface area contributed by atoms with Crippen LogP contribution in [0.25, 0.3) is 0 Å². The van der Waals surface area contributed by atoms with Gasteiger partial charge in [-0.05, 0) is 11.6 Å². The lowest BCUT2D eigenvalue weighted by molar-refractivity contribution is -0.140. The van der Waals surface area contributed by atoms with Crippen LogP contribution < -0.4 is 0 Å². The van der Waals surface area contributed by atoms with Crippen molar-refractivity contribution in [3.05, 3.63) is 35.1 Å². The fourth-order valence-electron chi connectivity index (χ4n) is 1.43. The van der Waals surface area contributed by atoms with E-state index in [2.05, 4.69) is 0 Å². The van der Waals surface area contributed by atoms with E-state index in [1.807, 2.05) is 0 Å². The Labute approximate surface area is 105 Å². The second kappa shape index (κ2) is 6.12. The van der Waals surface area contributed by atoms with Gasteiger partial charge in [0.25, 0.3) is 0 Å². The van der Waals surface area contributed by atoms with Crippen LogP contribution in [0.3, 0.4) is 0 Å². The van der Waals surface area contributed by atoms with Crippen molar-refractivity contribution in [1.29, 1.82) is 0 Å². The Morgan fingerprint density at radius 1 is 0.895 bits per heavy atom. The Morgan fingerprint density at radius 2 is 1.47 bits per heavy atom. The van der Waals surface area contributed by atoms with Crippen molar-refractivity contribution in [1.82, 2.24) is 0 Å². The normalized spacial score (nSPS) is 10.3. The third-order valence-electron chi connectivity index (χ3n) is 2.22. The highest BCUT2D eigenvalue weighted by Gasteiger charge is 2.16. The average molecular weight is 274 g/mol. The van der Waals surface area contributed by atoms with E-state index >= 15 is 0 Å². The molecule has 7 heteroatoms. The first-order valence-electron chi connectivity index (χ1n) is 5.18. The van der Waals surface area contributed by atoms with E-state index < -0.39 is 54.2 Å². The Hall–Kier alpha value is -2.18. The van der Waals surface area contributed by atoms with Crippen LogP contribution in [0.15, 0.2) is 12.1 Å². The Morgan fingerprint density at radius 3 is 2.05 bits per heavy atom. The molecule has 0 aliphatic carbocycles. The number of carboxylic acid groups (broad SMARTS) is 1. The zero-order valence-electron chi connectivity index (χ0n) is 9.58. The first-order chi connectivity index (χ1) is 8.79. The molecule has 0 spiro atoms. The predicted molar refractivity (Wildman–Crippen MR) is 56.9 cm³/mol. The summed E-state index contributed by atoms with van der Waals surface area (Å²) in [5.41, 5.74) is -0.382. The fraction of sp³-hybridized carbons (Fsp3) is 0.250. The van der Waals surface area contributed by atoms with Crippen LogP contribution in [0.2, 0.25) is 0 Å². The van der Waals surface area contributed by atoms with Crippen LogP contribution in [0.4, 0.5) is 13.2 Å². The molecule has 0 saturated carbocycles. The molecule has 0 fully saturated rings. The number of carbonyl (C=O) groups is 3. The standard InChI is InChI=1S/C12H9F3O4/c13-9-5-11(15)10(14)2-6(9)1-7(16)3-8(17)4-12(18)19/h2,5H,1,3-4H2,(H,18,19). The average Bonchev–Trinajstić information content (AvgIpc) is 2.24. The van der Waals surface area contributed by atoms with Crippen LogP contribution in [0.5, 0.6) is 0 Å². The van der Waals surface area contributed by atoms with Crippen molar-refractivity contribution in [2.45, 2.75) is 19.3 Å². The topological polar surface area (TPSA) is 71.4 Å². The van der Waals surface area contributed by atoms with Crippen molar-refractivity contribution in [3.63, 3.8) is 0 Å². The molecule has 0 atom stereocenters. The molecule has 0 radical (unpaired) electrons. The Bertz CT molecular complexity index is 540. The van der Waals surface area contributed by atoms with Crippen molar-refractivity contribution < 1.29 is 32.7 Å². The number of carboxylic acids is 1. The second-order valence-electron chi connectivity index (χ2n) is 3.86. The predicted octanol–water partition coefficient (Wildman–Crippen LogP) is 1.65. The van der Waals surface area contributed by atoms with Crippen LogP contribution in [-0.4, -0.2) is 22.6 Å². The number of hydrogen-bond acceptors (Lipinski definition) is 3. The summed E-state index contributed by atoms with van der Waals surface area (Å²) < 4.78 is 38.7. The van der Waals surface area contributed by atoms with Crippen LogP contribution in [-0.2, 0) is 20.8 Å². The lowest BCUT2D eigenvalue weighted by atomic mass is 10.0. The van der Waals surface area contributed by atoms with Gasteiger partial charge in [-0.1, -0.05) is 0 Å². The zero-order valence-corrected chi connectivity index (χ0v) is 9.58. The highest BCUT2D eigenvalue weighted by molar-refractivity contribution is 6.05. The SMILES string of the molecule is O=C(O)CC(=O)CC(=O)Cc1cc(F)c(F)cc1F. The summed E-state index contributed by atoms with van der Waals surface area (Å²) in [5, 5.41) is 8.31. The smallest absolute Gasteiger partial charge is 0.310 e. The third-order valence-corrected chi connectivity index (χ3v) is 2.22. The molecule has 4 nitrogen and oxygen atoms in total. The van der Waals surface area contributed by atoms with E-state index in [9.17, 15) is 27.6 Å². The second-order valence-corrected chi connectivity index (χ2v) is 3.86. The van der Waals surface area contributed by atoms with Crippen molar-refractivity contribution >= 4 is 17.5 Å². The highest BCUT2D eigenvalue weighted by Crippen LogP contribution is 2.15. The summed E-state index contributed by atoms with van der Waals surface area (Å²) in [5.74, 6) is -6.76. The maximum absolute atomic E-state index is 13.2. The molecule has 1 aromatic rings. The maximum Gasteiger partial charge on any atom is 0.310 e. The molecule has 1 aromatic carbocycles. The number of hydrogen-bond donors (Lipinski definition) is 1. The van der Waals surface area contributed by atoms with Crippen molar-refractivity contribution in [2.24, 2.45) is 0 Å². The summed E-state index contributed by atoms with van der Waals surface area (Å²) in [4.78, 5) is 32.6. The minimum Gasteiger partial charge on any atom is -0.481 e. The van der Waals surface area contributed by atoms with E-state index in [0.717, 1.165) is 0 Å². The van der Waals surface area contributed by atoms with Gasteiger partial charge in [-0.3, -0.25) is 14.4 Å². The summed E-state index contributed by atoms with van der Waals surface area (Å²) in [7, 11) is 0. The first-order valence-corrected chi connectivity index (χ1v) is 5.18. The molecule has 0 heterocycles. The van der Waals surface area contributed by atoms with Gasteiger partial charge in [0.1, 0.15) is 18.0 Å². The number of rotatable bonds is 6. The number of aliphatic carboxylic acids is 1. The molecular weight excluding hydrogens is 265 g/mol. The Kier molecular flexibility index (Phi) is 4.80. The van der Waals surface area contributed by atoms with Crippen molar-refractivity contribution in [2.75, 3.05) is 0 Å². The Balaban J connectivity index is 2.70. The molecule has 0 saturated heterocycles. The lowest BCUT2D eigenvalue weighted by Crippen LogP contribution is -2.14. The molecular formula is C12H9F3O4. The minimum absolute atomic E-state index is 0.303. The summed E-state index contributed by atoms with van der Waals surface area (Å²) in [6, 6.07) is 0.835. The molecule has 0 bridgehead atoms. The van der Waals surface area contributed by atoms with Gasteiger partial charge in [0, 0.05) is 12.5 Å². The van der Waals surface area contributed by atoms with Gasteiger partial charge >= 0.3 is 5.97 Å². The van der Waals surface area contributed by atoms with E-state index in [0.29, 0.717) is 12.1 Å². The van der Waals surface area contributed by atoms with Gasteiger partial charge in [-0.25, -0.2) is 13.2 Å². The van der Waals surface area contributed by atoms with Gasteiger partial charge in [0.2, 0.25) is 0 Å².